The largest absolute Gasteiger partial charge is 0.349 e. The van der Waals surface area contributed by atoms with Gasteiger partial charge in [-0.1, -0.05) is 62.9 Å². The van der Waals surface area contributed by atoms with E-state index in [0.29, 0.717) is 5.56 Å². The Morgan fingerprint density at radius 3 is 2.50 bits per heavy atom. The van der Waals surface area contributed by atoms with E-state index in [1.165, 1.54) is 31.2 Å². The fourth-order valence-corrected chi connectivity index (χ4v) is 4.98. The molecule has 4 aromatic rings. The molecule has 1 N–H and O–H groups in total. The minimum absolute atomic E-state index is 0.00745. The number of carbonyl (C=O) groups is 1. The van der Waals surface area contributed by atoms with Gasteiger partial charge in [-0.3, -0.25) is 4.79 Å². The highest BCUT2D eigenvalue weighted by atomic mass is 16.1. The van der Waals surface area contributed by atoms with Gasteiger partial charge in [-0.05, 0) is 56.0 Å². The normalized spacial score (nSPS) is 14.8. The van der Waals surface area contributed by atoms with Crippen molar-refractivity contribution in [1.29, 1.82) is 0 Å². The second kappa shape index (κ2) is 9.80. The van der Waals surface area contributed by atoms with Gasteiger partial charge in [-0.2, -0.15) is 5.10 Å². The van der Waals surface area contributed by atoms with Crippen molar-refractivity contribution in [2.45, 2.75) is 64.8 Å². The first-order chi connectivity index (χ1) is 16.6. The van der Waals surface area contributed by atoms with Crippen LogP contribution in [0.4, 0.5) is 0 Å². The van der Waals surface area contributed by atoms with E-state index in [9.17, 15) is 4.79 Å². The molecule has 5 nitrogen and oxygen atoms in total. The fraction of sp³-hybridized carbons (Fsp3) is 0.345. The maximum absolute atomic E-state index is 13.4. The summed E-state index contributed by atoms with van der Waals surface area (Å²) in [6.45, 7) is 4.21. The third-order valence-corrected chi connectivity index (χ3v) is 7.03. The van der Waals surface area contributed by atoms with E-state index < -0.39 is 0 Å². The van der Waals surface area contributed by atoms with E-state index in [2.05, 4.69) is 48.5 Å². The van der Waals surface area contributed by atoms with Crippen molar-refractivity contribution in [2.24, 2.45) is 0 Å². The van der Waals surface area contributed by atoms with E-state index in [-0.39, 0.29) is 11.9 Å². The van der Waals surface area contributed by atoms with Crippen LogP contribution < -0.4 is 5.32 Å². The molecule has 0 aliphatic heterocycles. The molecule has 1 fully saturated rings. The van der Waals surface area contributed by atoms with Gasteiger partial charge in [-0.15, -0.1) is 0 Å². The maximum Gasteiger partial charge on any atom is 0.252 e. The number of benzene rings is 2. The first-order valence-corrected chi connectivity index (χ1v) is 12.5. The lowest BCUT2D eigenvalue weighted by molar-refractivity contribution is 0.0935. The number of aromatic nitrogens is 3. The van der Waals surface area contributed by atoms with Gasteiger partial charge in [0.1, 0.15) is 0 Å². The molecular formula is C29H32N4O. The number of carbonyl (C=O) groups excluding carboxylic acids is 1. The van der Waals surface area contributed by atoms with Crippen molar-refractivity contribution in [3.05, 3.63) is 77.6 Å². The van der Waals surface area contributed by atoms with Gasteiger partial charge in [0.05, 0.1) is 34.4 Å². The van der Waals surface area contributed by atoms with Crippen LogP contribution in [-0.4, -0.2) is 26.7 Å². The molecule has 1 saturated carbocycles. The predicted molar refractivity (Wildman–Crippen MR) is 137 cm³/mol. The van der Waals surface area contributed by atoms with E-state index in [1.54, 1.807) is 0 Å². The molecule has 34 heavy (non-hydrogen) atoms. The van der Waals surface area contributed by atoms with Crippen molar-refractivity contribution < 1.29 is 4.79 Å². The van der Waals surface area contributed by atoms with E-state index in [0.717, 1.165) is 52.8 Å². The molecule has 1 amide bonds. The van der Waals surface area contributed by atoms with Gasteiger partial charge in [-0.25, -0.2) is 9.67 Å². The van der Waals surface area contributed by atoms with Gasteiger partial charge in [0, 0.05) is 17.0 Å². The molecule has 2 aromatic heterocycles. The lowest BCUT2D eigenvalue weighted by Crippen LogP contribution is -2.34. The Bertz CT molecular complexity index is 1300. The Balaban J connectivity index is 1.52. The summed E-state index contributed by atoms with van der Waals surface area (Å²) >= 11 is 0. The molecule has 174 valence electrons. The first-order valence-electron chi connectivity index (χ1n) is 12.5. The highest BCUT2D eigenvalue weighted by Gasteiger charge is 2.20. The smallest absolute Gasteiger partial charge is 0.252 e. The number of nitrogens with one attached hydrogen (secondary N) is 1. The molecule has 0 unspecified atom stereocenters. The maximum atomic E-state index is 13.4. The van der Waals surface area contributed by atoms with Crippen LogP contribution in [0.1, 0.15) is 67.1 Å². The van der Waals surface area contributed by atoms with E-state index in [4.69, 9.17) is 4.98 Å². The molecule has 2 aromatic carbocycles. The van der Waals surface area contributed by atoms with Crippen LogP contribution in [0.5, 0.6) is 0 Å². The van der Waals surface area contributed by atoms with Crippen molar-refractivity contribution in [1.82, 2.24) is 20.1 Å². The minimum atomic E-state index is -0.00745. The Hall–Kier alpha value is -3.47. The summed E-state index contributed by atoms with van der Waals surface area (Å²) < 4.78 is 1.94. The zero-order valence-corrected chi connectivity index (χ0v) is 20.1. The zero-order valence-electron chi connectivity index (χ0n) is 20.1. The Kier molecular flexibility index (Phi) is 6.43. The topological polar surface area (TPSA) is 59.8 Å². The number of fused-ring (bicyclic) bond motifs is 1. The molecule has 0 atom stereocenters. The minimum Gasteiger partial charge on any atom is -0.349 e. The van der Waals surface area contributed by atoms with Crippen LogP contribution in [0, 0.1) is 6.92 Å². The Morgan fingerprint density at radius 1 is 1.03 bits per heavy atom. The average molecular weight is 453 g/mol. The predicted octanol–water partition coefficient (Wildman–Crippen LogP) is 6.41. The van der Waals surface area contributed by atoms with Crippen LogP contribution in [0.15, 0.2) is 60.8 Å². The molecule has 0 spiro atoms. The number of hydrogen-bond donors (Lipinski definition) is 1. The third kappa shape index (κ3) is 4.47. The highest BCUT2D eigenvalue weighted by molar-refractivity contribution is 6.07. The quantitative estimate of drug-likeness (QED) is 0.356. The third-order valence-electron chi connectivity index (χ3n) is 7.03. The summed E-state index contributed by atoms with van der Waals surface area (Å²) in [4.78, 5) is 18.3. The second-order valence-electron chi connectivity index (χ2n) is 9.31. The van der Waals surface area contributed by atoms with Gasteiger partial charge in [0.2, 0.25) is 0 Å². The van der Waals surface area contributed by atoms with Crippen LogP contribution in [0.3, 0.4) is 0 Å². The number of hydrogen-bond acceptors (Lipinski definition) is 3. The Morgan fingerprint density at radius 2 is 1.76 bits per heavy atom. The molecular weight excluding hydrogens is 420 g/mol. The molecule has 0 bridgehead atoms. The number of aryl methyl sites for hydroxylation is 1. The number of amides is 1. The van der Waals surface area contributed by atoms with E-state index in [1.807, 2.05) is 41.2 Å². The molecule has 0 saturated heterocycles. The average Bonchev–Trinajstić information content (AvgIpc) is 3.07. The second-order valence-corrected chi connectivity index (χ2v) is 9.31. The standard InChI is InChI=1S/C29H32N4O/c1-3-21-14-16-23(17-15-21)33-20(2)26(19-30-33)28-18-25(24-12-8-9-13-27(24)32-28)29(34)31-22-10-6-4-5-7-11-22/h8-9,12-19,22H,3-7,10-11H2,1-2H3,(H,31,34). The van der Waals surface area contributed by atoms with Crippen LogP contribution >= 0.6 is 0 Å². The SMILES string of the molecule is CCc1ccc(-n2ncc(-c3cc(C(=O)NC4CCCCCC4)c4ccccc4n3)c2C)cc1. The van der Waals surface area contributed by atoms with Crippen molar-refractivity contribution in [3.63, 3.8) is 0 Å². The number of rotatable bonds is 5. The van der Waals surface area contributed by atoms with Crippen LogP contribution in [0.25, 0.3) is 27.8 Å². The zero-order chi connectivity index (χ0) is 23.5. The Labute approximate surface area is 201 Å². The number of nitrogens with zero attached hydrogens (tertiary/aromatic N) is 3. The molecule has 2 heterocycles. The lowest BCUT2D eigenvalue weighted by Gasteiger charge is -2.17. The summed E-state index contributed by atoms with van der Waals surface area (Å²) in [5, 5.41) is 8.85. The molecule has 5 rings (SSSR count). The number of para-hydroxylation sites is 1. The van der Waals surface area contributed by atoms with Crippen molar-refractivity contribution in [2.75, 3.05) is 0 Å². The number of pyridine rings is 1. The lowest BCUT2D eigenvalue weighted by atomic mass is 10.0. The van der Waals surface area contributed by atoms with Crippen molar-refractivity contribution >= 4 is 16.8 Å². The molecule has 0 radical (unpaired) electrons. The molecule has 1 aliphatic rings. The summed E-state index contributed by atoms with van der Waals surface area (Å²) in [7, 11) is 0. The molecule has 1 aliphatic carbocycles. The van der Waals surface area contributed by atoms with E-state index >= 15 is 0 Å². The highest BCUT2D eigenvalue weighted by Crippen LogP contribution is 2.29. The van der Waals surface area contributed by atoms with Crippen molar-refractivity contribution in [3.8, 4) is 16.9 Å². The van der Waals surface area contributed by atoms with Gasteiger partial charge in [0.15, 0.2) is 0 Å². The van der Waals surface area contributed by atoms with Gasteiger partial charge < -0.3 is 5.32 Å². The monoisotopic (exact) mass is 452 g/mol. The van der Waals surface area contributed by atoms with Gasteiger partial charge >= 0.3 is 0 Å². The summed E-state index contributed by atoms with van der Waals surface area (Å²) in [6.07, 6.45) is 9.88. The van der Waals surface area contributed by atoms with Gasteiger partial charge in [0.25, 0.3) is 5.91 Å². The summed E-state index contributed by atoms with van der Waals surface area (Å²) in [5.74, 6) is -0.00745. The first kappa shape index (κ1) is 22.3. The summed E-state index contributed by atoms with van der Waals surface area (Å²) in [6, 6.07) is 18.6. The molecule has 5 heteroatoms. The van der Waals surface area contributed by atoms with Crippen LogP contribution in [-0.2, 0) is 6.42 Å². The fourth-order valence-electron chi connectivity index (χ4n) is 4.98. The van der Waals surface area contributed by atoms with Crippen LogP contribution in [0.2, 0.25) is 0 Å². The summed E-state index contributed by atoms with van der Waals surface area (Å²) in [5.41, 5.74) is 6.55.